The Morgan fingerprint density at radius 2 is 1.83 bits per heavy atom. The predicted octanol–water partition coefficient (Wildman–Crippen LogP) is 4.25. The highest BCUT2D eigenvalue weighted by atomic mass is 16.7. The van der Waals surface area contributed by atoms with Gasteiger partial charge in [0.2, 0.25) is 6.79 Å². The minimum Gasteiger partial charge on any atom is -0.454 e. The molecule has 0 spiro atoms. The van der Waals surface area contributed by atoms with E-state index in [0.717, 1.165) is 34.7 Å². The van der Waals surface area contributed by atoms with Crippen LogP contribution in [0.4, 0.5) is 0 Å². The van der Waals surface area contributed by atoms with Crippen LogP contribution in [0.5, 0.6) is 11.5 Å². The van der Waals surface area contributed by atoms with E-state index < -0.39 is 0 Å². The minimum absolute atomic E-state index is 0.138. The van der Waals surface area contributed by atoms with Gasteiger partial charge in [-0.05, 0) is 67.1 Å². The number of aryl methyl sites for hydroxylation is 2. The topological polar surface area (TPSA) is 65.4 Å². The van der Waals surface area contributed by atoms with E-state index in [1.165, 1.54) is 11.1 Å². The molecule has 1 atom stereocenters. The Morgan fingerprint density at radius 1 is 1.10 bits per heavy atom. The SMILES string of the molecule is Cc1cc(C)cc(-n2nc3c(c2CC(C)C)C(c2ccc4c(c2)OCO4)NC3=O)c1. The molecule has 2 aliphatic heterocycles. The first-order chi connectivity index (χ1) is 14.4. The van der Waals surface area contributed by atoms with E-state index in [1.807, 2.05) is 22.9 Å². The third-order valence-electron chi connectivity index (χ3n) is 5.58. The number of hydrogen-bond acceptors (Lipinski definition) is 4. The van der Waals surface area contributed by atoms with Crippen molar-refractivity contribution in [1.29, 1.82) is 0 Å². The maximum absolute atomic E-state index is 12.9. The second kappa shape index (κ2) is 6.90. The highest BCUT2D eigenvalue weighted by Crippen LogP contribution is 2.40. The molecule has 0 saturated heterocycles. The zero-order valence-corrected chi connectivity index (χ0v) is 17.7. The summed E-state index contributed by atoms with van der Waals surface area (Å²) in [5.41, 5.74) is 6.86. The molecule has 0 aliphatic carbocycles. The standard InChI is InChI=1S/C24H25N3O3/c1-13(2)7-18-21-22(16-5-6-19-20(11-16)30-12-29-19)25-24(28)23(21)26-27(18)17-9-14(3)8-15(4)10-17/h5-6,8-11,13,22H,7,12H2,1-4H3,(H,25,28). The largest absolute Gasteiger partial charge is 0.454 e. The number of rotatable bonds is 4. The monoisotopic (exact) mass is 403 g/mol. The molecule has 5 rings (SSSR count). The van der Waals surface area contributed by atoms with Crippen molar-refractivity contribution >= 4 is 5.91 Å². The number of hydrogen-bond donors (Lipinski definition) is 1. The molecule has 30 heavy (non-hydrogen) atoms. The summed E-state index contributed by atoms with van der Waals surface area (Å²) >= 11 is 0. The molecule has 2 aromatic carbocycles. The van der Waals surface area contributed by atoms with Crippen molar-refractivity contribution in [1.82, 2.24) is 15.1 Å². The van der Waals surface area contributed by atoms with Crippen LogP contribution in [0, 0.1) is 19.8 Å². The van der Waals surface area contributed by atoms with E-state index >= 15 is 0 Å². The maximum atomic E-state index is 12.9. The molecule has 0 fully saturated rings. The number of carbonyl (C=O) groups is 1. The maximum Gasteiger partial charge on any atom is 0.272 e. The van der Waals surface area contributed by atoms with Gasteiger partial charge in [-0.15, -0.1) is 0 Å². The molecule has 0 saturated carbocycles. The van der Waals surface area contributed by atoms with E-state index in [-0.39, 0.29) is 18.7 Å². The van der Waals surface area contributed by atoms with E-state index in [4.69, 9.17) is 14.6 Å². The number of nitrogens with one attached hydrogen (secondary N) is 1. The number of amides is 1. The van der Waals surface area contributed by atoms with Crippen LogP contribution < -0.4 is 14.8 Å². The van der Waals surface area contributed by atoms with Crippen LogP contribution in [0.3, 0.4) is 0 Å². The smallest absolute Gasteiger partial charge is 0.272 e. The van der Waals surface area contributed by atoms with Crippen LogP contribution in [0.1, 0.15) is 58.3 Å². The summed E-state index contributed by atoms with van der Waals surface area (Å²) in [6.45, 7) is 8.76. The van der Waals surface area contributed by atoms with Crippen LogP contribution in [-0.4, -0.2) is 22.5 Å². The van der Waals surface area contributed by atoms with Crippen molar-refractivity contribution in [3.8, 4) is 17.2 Å². The molecule has 154 valence electrons. The normalized spacial score (nSPS) is 16.8. The molecule has 0 radical (unpaired) electrons. The van der Waals surface area contributed by atoms with E-state index in [9.17, 15) is 4.79 Å². The molecule has 1 aromatic heterocycles. The average Bonchev–Trinajstić information content (AvgIpc) is 3.36. The van der Waals surface area contributed by atoms with Gasteiger partial charge in [-0.2, -0.15) is 5.10 Å². The summed E-state index contributed by atoms with van der Waals surface area (Å²) < 4.78 is 13.0. The molecule has 6 heteroatoms. The highest BCUT2D eigenvalue weighted by molar-refractivity contribution is 5.98. The van der Waals surface area contributed by atoms with Gasteiger partial charge >= 0.3 is 0 Å². The zero-order chi connectivity index (χ0) is 21.0. The Kier molecular flexibility index (Phi) is 4.31. The molecule has 1 amide bonds. The molecule has 0 bridgehead atoms. The van der Waals surface area contributed by atoms with Crippen molar-refractivity contribution in [2.24, 2.45) is 5.92 Å². The highest BCUT2D eigenvalue weighted by Gasteiger charge is 2.38. The van der Waals surface area contributed by atoms with Gasteiger partial charge in [0.25, 0.3) is 5.91 Å². The lowest BCUT2D eigenvalue weighted by Crippen LogP contribution is -2.23. The average molecular weight is 403 g/mol. The van der Waals surface area contributed by atoms with Crippen molar-refractivity contribution in [3.05, 3.63) is 70.0 Å². The number of ether oxygens (including phenoxy) is 2. The summed E-state index contributed by atoms with van der Waals surface area (Å²) in [7, 11) is 0. The molecular weight excluding hydrogens is 378 g/mol. The lowest BCUT2D eigenvalue weighted by molar-refractivity contribution is 0.0955. The summed E-state index contributed by atoms with van der Waals surface area (Å²) in [6.07, 6.45) is 0.825. The van der Waals surface area contributed by atoms with E-state index in [1.54, 1.807) is 0 Å². The van der Waals surface area contributed by atoms with Gasteiger partial charge in [0.15, 0.2) is 17.2 Å². The predicted molar refractivity (Wildman–Crippen MR) is 113 cm³/mol. The first-order valence-electron chi connectivity index (χ1n) is 10.3. The third-order valence-corrected chi connectivity index (χ3v) is 5.58. The summed E-state index contributed by atoms with van der Waals surface area (Å²) in [6, 6.07) is 12.0. The van der Waals surface area contributed by atoms with Crippen LogP contribution in [-0.2, 0) is 6.42 Å². The van der Waals surface area contributed by atoms with Gasteiger partial charge < -0.3 is 14.8 Å². The Balaban J connectivity index is 1.67. The number of fused-ring (bicyclic) bond motifs is 2. The fourth-order valence-electron chi connectivity index (χ4n) is 4.42. The molecule has 1 N–H and O–H groups in total. The second-order valence-corrected chi connectivity index (χ2v) is 8.58. The Bertz CT molecular complexity index is 1140. The summed E-state index contributed by atoms with van der Waals surface area (Å²) in [5.74, 6) is 1.73. The lowest BCUT2D eigenvalue weighted by atomic mass is 9.95. The van der Waals surface area contributed by atoms with Crippen molar-refractivity contribution in [2.45, 2.75) is 40.2 Å². The lowest BCUT2D eigenvalue weighted by Gasteiger charge is -2.18. The Morgan fingerprint density at radius 3 is 2.57 bits per heavy atom. The van der Waals surface area contributed by atoms with E-state index in [2.05, 4.69) is 51.2 Å². The quantitative estimate of drug-likeness (QED) is 0.707. The van der Waals surface area contributed by atoms with Gasteiger partial charge in [0.1, 0.15) is 0 Å². The first-order valence-corrected chi connectivity index (χ1v) is 10.3. The molecule has 3 heterocycles. The Hall–Kier alpha value is -3.28. The molecule has 1 unspecified atom stereocenters. The van der Waals surface area contributed by atoms with Crippen LogP contribution in [0.2, 0.25) is 0 Å². The van der Waals surface area contributed by atoms with Crippen molar-refractivity contribution in [2.75, 3.05) is 6.79 Å². The van der Waals surface area contributed by atoms with Crippen molar-refractivity contribution in [3.63, 3.8) is 0 Å². The van der Waals surface area contributed by atoms with E-state index in [0.29, 0.717) is 17.4 Å². The summed E-state index contributed by atoms with van der Waals surface area (Å²) in [5, 5.41) is 7.88. The van der Waals surface area contributed by atoms with Gasteiger partial charge in [-0.25, -0.2) is 4.68 Å². The van der Waals surface area contributed by atoms with Gasteiger partial charge in [-0.1, -0.05) is 26.0 Å². The number of aromatic nitrogens is 2. The molecule has 6 nitrogen and oxygen atoms in total. The molecule has 3 aromatic rings. The van der Waals surface area contributed by atoms with Crippen LogP contribution >= 0.6 is 0 Å². The molecule has 2 aliphatic rings. The fraction of sp³-hybridized carbons (Fsp3) is 0.333. The number of benzene rings is 2. The zero-order valence-electron chi connectivity index (χ0n) is 17.7. The van der Waals surface area contributed by atoms with Gasteiger partial charge in [0.05, 0.1) is 17.4 Å². The Labute approximate surface area is 175 Å². The first kappa shape index (κ1) is 18.7. The summed E-state index contributed by atoms with van der Waals surface area (Å²) in [4.78, 5) is 12.9. The van der Waals surface area contributed by atoms with Gasteiger partial charge in [-0.3, -0.25) is 4.79 Å². The second-order valence-electron chi connectivity index (χ2n) is 8.58. The minimum atomic E-state index is -0.254. The number of carbonyl (C=O) groups excluding carboxylic acids is 1. The fourth-order valence-corrected chi connectivity index (χ4v) is 4.42. The third kappa shape index (κ3) is 3.03. The van der Waals surface area contributed by atoms with Crippen LogP contribution in [0.25, 0.3) is 5.69 Å². The van der Waals surface area contributed by atoms with Crippen molar-refractivity contribution < 1.29 is 14.3 Å². The van der Waals surface area contributed by atoms with Gasteiger partial charge in [0, 0.05) is 5.56 Å². The molecular formula is C24H25N3O3. The number of nitrogens with zero attached hydrogens (tertiary/aromatic N) is 2. The van der Waals surface area contributed by atoms with Crippen LogP contribution in [0.15, 0.2) is 36.4 Å².